The summed E-state index contributed by atoms with van der Waals surface area (Å²) in [5.74, 6) is 0. The molecule has 0 N–H and O–H groups in total. The average molecular weight is 315 g/mol. The summed E-state index contributed by atoms with van der Waals surface area (Å²) in [6.07, 6.45) is 9.14. The molecule has 4 rings (SSSR count). The van der Waals surface area contributed by atoms with E-state index in [0.29, 0.717) is 8.45 Å². The summed E-state index contributed by atoms with van der Waals surface area (Å²) in [5, 5.41) is 0. The number of allylic oxidation sites excluding steroid dienone is 2. The maximum atomic E-state index is 7.03. The molecule has 2 heteroatoms. The Labute approximate surface area is 129 Å². The summed E-state index contributed by atoms with van der Waals surface area (Å²) in [7, 11) is 7.03. The van der Waals surface area contributed by atoms with Gasteiger partial charge in [0.2, 0.25) is 0 Å². The van der Waals surface area contributed by atoms with Gasteiger partial charge in [0.05, 0.1) is 0 Å². The van der Waals surface area contributed by atoms with E-state index in [1.165, 1.54) is 22.3 Å². The van der Waals surface area contributed by atoms with E-state index in [4.69, 9.17) is 9.30 Å². The number of benzene rings is 2. The van der Waals surface area contributed by atoms with E-state index in [2.05, 4.69) is 72.8 Å². The maximum absolute atomic E-state index is 7.03. The van der Waals surface area contributed by atoms with Gasteiger partial charge in [0.15, 0.2) is 0 Å². The molecule has 2 aromatic rings. The van der Waals surface area contributed by atoms with E-state index in [1.54, 1.807) is 0 Å². The average Bonchev–Trinajstić information content (AvgIpc) is 3.11. The molecular weight excluding hydrogens is 300 g/mol. The summed E-state index contributed by atoms with van der Waals surface area (Å²) >= 11 is -2.02. The first-order valence-electron chi connectivity index (χ1n) is 7.03. The fraction of sp³-hybridized carbons (Fsp3) is 0.111. The van der Waals surface area contributed by atoms with Gasteiger partial charge in [0.1, 0.15) is 0 Å². The number of fused-ring (bicyclic) bond motifs is 2. The Morgan fingerprint density at radius 1 is 0.700 bits per heavy atom. The Morgan fingerprint density at radius 2 is 1.15 bits per heavy atom. The van der Waals surface area contributed by atoms with Crippen molar-refractivity contribution in [3.8, 4) is 0 Å². The van der Waals surface area contributed by atoms with Gasteiger partial charge in [-0.05, 0) is 0 Å². The molecule has 0 radical (unpaired) electrons. The zero-order chi connectivity index (χ0) is 13.5. The first-order valence-corrected chi connectivity index (χ1v) is 11.6. The van der Waals surface area contributed by atoms with Gasteiger partial charge in [-0.3, -0.25) is 0 Å². The van der Waals surface area contributed by atoms with E-state index in [-0.39, 0.29) is 0 Å². The summed E-state index contributed by atoms with van der Waals surface area (Å²) < 4.78 is 0.974. The van der Waals surface area contributed by atoms with E-state index < -0.39 is 16.8 Å². The Bertz CT molecular complexity index is 655. The van der Waals surface area contributed by atoms with Crippen LogP contribution in [0, 0.1) is 0 Å². The van der Waals surface area contributed by atoms with E-state index in [0.717, 1.165) is 0 Å². The fourth-order valence-corrected chi connectivity index (χ4v) is 8.87. The predicted molar refractivity (Wildman–Crippen MR) is 83.7 cm³/mol. The Balaban J connectivity index is 1.69. The molecule has 2 aliphatic carbocycles. The number of rotatable bonds is 2. The molecule has 0 aromatic heterocycles. The number of hydrogen-bond donors (Lipinski definition) is 0. The van der Waals surface area contributed by atoms with Crippen LogP contribution in [0.4, 0.5) is 0 Å². The summed E-state index contributed by atoms with van der Waals surface area (Å²) in [4.78, 5) is 0. The molecule has 0 nitrogen and oxygen atoms in total. The standard InChI is InChI=1S/2C9H7.ClH.Ti.H/c2*1-2-5-9-7-3-6-8(9)4-1;;;/h2*1-7H;1H;;/q;;;+1;/p-1. The molecule has 0 saturated carbocycles. The first-order chi connectivity index (χ1) is 9.84. The van der Waals surface area contributed by atoms with Gasteiger partial charge in [-0.2, -0.15) is 0 Å². The first kappa shape index (κ1) is 12.6. The molecule has 2 aromatic carbocycles. The molecule has 0 amide bonds. The Morgan fingerprint density at radius 3 is 1.65 bits per heavy atom. The third-order valence-corrected chi connectivity index (χ3v) is 10.6. The van der Waals surface area contributed by atoms with Crippen LogP contribution in [0.2, 0.25) is 0 Å². The van der Waals surface area contributed by atoms with Crippen molar-refractivity contribution < 1.29 is 16.8 Å². The van der Waals surface area contributed by atoms with Crippen LogP contribution in [-0.4, -0.2) is 0 Å². The van der Waals surface area contributed by atoms with Crippen LogP contribution in [0.3, 0.4) is 0 Å². The SMILES string of the molecule is [Cl][TiH]([CH]1C=Cc2ccccc21)[CH]1C=Cc2ccccc21. The molecule has 0 saturated heterocycles. The number of halogens is 1. The van der Waals surface area contributed by atoms with Crippen molar-refractivity contribution in [2.24, 2.45) is 0 Å². The molecule has 2 atom stereocenters. The van der Waals surface area contributed by atoms with Gasteiger partial charge in [0, 0.05) is 0 Å². The quantitative estimate of drug-likeness (QED) is 0.682. The van der Waals surface area contributed by atoms with Gasteiger partial charge < -0.3 is 0 Å². The second-order valence-electron chi connectivity index (χ2n) is 5.47. The molecule has 98 valence electrons. The topological polar surface area (TPSA) is 0 Å². The van der Waals surface area contributed by atoms with Crippen molar-refractivity contribution in [2.75, 3.05) is 0 Å². The van der Waals surface area contributed by atoms with Crippen molar-refractivity contribution in [3.63, 3.8) is 0 Å². The molecular formula is C18H15ClTi. The molecule has 20 heavy (non-hydrogen) atoms. The molecule has 0 heterocycles. The van der Waals surface area contributed by atoms with Crippen molar-refractivity contribution in [2.45, 2.75) is 8.45 Å². The van der Waals surface area contributed by atoms with E-state index >= 15 is 0 Å². The van der Waals surface area contributed by atoms with Crippen molar-refractivity contribution in [3.05, 3.63) is 82.9 Å². The molecule has 0 spiro atoms. The van der Waals surface area contributed by atoms with Crippen LogP contribution in [0.5, 0.6) is 0 Å². The Hall–Kier alpha value is -1.08. The second kappa shape index (κ2) is 5.04. The zero-order valence-electron chi connectivity index (χ0n) is 11.0. The van der Waals surface area contributed by atoms with Crippen molar-refractivity contribution in [1.82, 2.24) is 0 Å². The van der Waals surface area contributed by atoms with Crippen LogP contribution >= 0.6 is 9.30 Å². The van der Waals surface area contributed by atoms with E-state index in [1.807, 2.05) is 0 Å². The van der Waals surface area contributed by atoms with Crippen molar-refractivity contribution >= 4 is 21.5 Å². The van der Waals surface area contributed by atoms with E-state index in [9.17, 15) is 0 Å². The van der Waals surface area contributed by atoms with Gasteiger partial charge >= 0.3 is 130 Å². The number of hydrogen-bond acceptors (Lipinski definition) is 0. The van der Waals surface area contributed by atoms with Gasteiger partial charge in [0.25, 0.3) is 0 Å². The fourth-order valence-electron chi connectivity index (χ4n) is 3.33. The predicted octanol–water partition coefficient (Wildman–Crippen LogP) is 5.03. The van der Waals surface area contributed by atoms with Crippen LogP contribution < -0.4 is 0 Å². The molecule has 2 unspecified atom stereocenters. The van der Waals surface area contributed by atoms with Crippen LogP contribution in [-0.2, 0) is 16.8 Å². The summed E-state index contributed by atoms with van der Waals surface area (Å²) in [6.45, 7) is 0. The third-order valence-electron chi connectivity index (χ3n) is 4.36. The summed E-state index contributed by atoms with van der Waals surface area (Å²) in [5.41, 5.74) is 5.57. The minimum absolute atomic E-state index is 0.487. The van der Waals surface area contributed by atoms with Gasteiger partial charge in [-0.15, -0.1) is 0 Å². The zero-order valence-corrected chi connectivity index (χ0v) is 13.6. The molecule has 0 fully saturated rings. The van der Waals surface area contributed by atoms with Crippen LogP contribution in [0.25, 0.3) is 12.2 Å². The third kappa shape index (κ3) is 1.95. The van der Waals surface area contributed by atoms with Crippen molar-refractivity contribution in [1.29, 1.82) is 0 Å². The minimum atomic E-state index is -2.02. The molecule has 0 bridgehead atoms. The van der Waals surface area contributed by atoms with Crippen LogP contribution in [0.1, 0.15) is 30.7 Å². The second-order valence-corrected chi connectivity index (χ2v) is 11.2. The summed E-state index contributed by atoms with van der Waals surface area (Å²) in [6, 6.07) is 17.3. The van der Waals surface area contributed by atoms with Gasteiger partial charge in [-0.1, -0.05) is 0 Å². The molecule has 2 aliphatic rings. The Kier molecular flexibility index (Phi) is 3.19. The molecule has 0 aliphatic heterocycles. The van der Waals surface area contributed by atoms with Gasteiger partial charge in [-0.25, -0.2) is 0 Å². The monoisotopic (exact) mass is 314 g/mol. The van der Waals surface area contributed by atoms with Crippen LogP contribution in [0.15, 0.2) is 60.7 Å². The normalized spacial score (nSPS) is 23.6.